The number of hydrogen-bond donors (Lipinski definition) is 3. The minimum atomic E-state index is -0.851. The quantitative estimate of drug-likeness (QED) is 0.0321. The maximum Gasteiger partial charge on any atom is 0.305 e. The van der Waals surface area contributed by atoms with E-state index in [0.717, 1.165) is 64.2 Å². The van der Waals surface area contributed by atoms with Gasteiger partial charge < -0.3 is 20.3 Å². The molecule has 0 aromatic heterocycles. The van der Waals surface area contributed by atoms with E-state index >= 15 is 0 Å². The van der Waals surface area contributed by atoms with Gasteiger partial charge in [-0.05, 0) is 89.9 Å². The Morgan fingerprint density at radius 3 is 1.23 bits per heavy atom. The van der Waals surface area contributed by atoms with Crippen molar-refractivity contribution in [3.63, 3.8) is 0 Å². The second-order valence-corrected chi connectivity index (χ2v) is 18.9. The number of carbonyl (C=O) groups is 2. The maximum atomic E-state index is 12.4. The van der Waals surface area contributed by atoms with Crippen LogP contribution in [0.1, 0.15) is 284 Å². The van der Waals surface area contributed by atoms with Crippen LogP contribution in [0.3, 0.4) is 0 Å². The molecule has 0 heterocycles. The molecule has 374 valence electrons. The van der Waals surface area contributed by atoms with Gasteiger partial charge in [0.1, 0.15) is 0 Å². The third-order valence-electron chi connectivity index (χ3n) is 12.6. The van der Waals surface area contributed by atoms with E-state index in [0.29, 0.717) is 19.4 Å². The van der Waals surface area contributed by atoms with Gasteiger partial charge in [-0.3, -0.25) is 9.59 Å². The van der Waals surface area contributed by atoms with Crippen LogP contribution < -0.4 is 5.32 Å². The molecular weight excluding hydrogens is 791 g/mol. The summed E-state index contributed by atoms with van der Waals surface area (Å²) in [5, 5.41) is 23.0. The molecule has 1 amide bonds. The second-order valence-electron chi connectivity index (χ2n) is 18.9. The SMILES string of the molecule is CCCCC/C=C\C/C=C\CCCCCCCC(=O)OCCCCCCCCCC/C=C\CCCCCCCCCC(=O)NC(CO)C(O)/C=C/CCCCCCCCCCCCC. The first-order chi connectivity index (χ1) is 31.5. The highest BCUT2D eigenvalue weighted by atomic mass is 16.5. The molecule has 0 bridgehead atoms. The molecule has 0 aromatic carbocycles. The number of nitrogens with one attached hydrogen (secondary N) is 1. The van der Waals surface area contributed by atoms with Crippen molar-refractivity contribution in [1.29, 1.82) is 0 Å². The Hall–Kier alpha value is -2.18. The van der Waals surface area contributed by atoms with Crippen LogP contribution in [0.2, 0.25) is 0 Å². The van der Waals surface area contributed by atoms with E-state index in [4.69, 9.17) is 4.74 Å². The van der Waals surface area contributed by atoms with Gasteiger partial charge in [-0.25, -0.2) is 0 Å². The smallest absolute Gasteiger partial charge is 0.305 e. The number of ether oxygens (including phenoxy) is 1. The van der Waals surface area contributed by atoms with Crippen molar-refractivity contribution in [2.24, 2.45) is 0 Å². The largest absolute Gasteiger partial charge is 0.466 e. The molecule has 6 heteroatoms. The Morgan fingerprint density at radius 1 is 0.438 bits per heavy atom. The first-order valence-corrected chi connectivity index (χ1v) is 27.9. The number of hydrogen-bond acceptors (Lipinski definition) is 5. The van der Waals surface area contributed by atoms with E-state index in [9.17, 15) is 19.8 Å². The molecule has 0 aliphatic rings. The Labute approximate surface area is 397 Å². The molecule has 0 fully saturated rings. The average Bonchev–Trinajstić information content (AvgIpc) is 3.29. The molecule has 0 aliphatic heterocycles. The molecule has 0 saturated heterocycles. The van der Waals surface area contributed by atoms with Crippen LogP contribution in [0.5, 0.6) is 0 Å². The van der Waals surface area contributed by atoms with Gasteiger partial charge in [0, 0.05) is 12.8 Å². The van der Waals surface area contributed by atoms with Gasteiger partial charge in [0.25, 0.3) is 0 Å². The normalized spacial score (nSPS) is 13.0. The molecule has 2 unspecified atom stereocenters. The predicted octanol–water partition coefficient (Wildman–Crippen LogP) is 17.0. The van der Waals surface area contributed by atoms with Crippen molar-refractivity contribution in [3.8, 4) is 0 Å². The van der Waals surface area contributed by atoms with Crippen LogP contribution in [0.4, 0.5) is 0 Å². The number of aliphatic hydroxyl groups is 2. The number of amides is 1. The van der Waals surface area contributed by atoms with Gasteiger partial charge in [-0.1, -0.05) is 229 Å². The van der Waals surface area contributed by atoms with E-state index in [2.05, 4.69) is 55.6 Å². The average molecular weight is 898 g/mol. The standard InChI is InChI=1S/C58H107NO5/c1-3-5-7-9-11-13-15-17-23-28-32-36-40-44-48-52-58(63)64-53-49-45-41-37-33-29-25-22-20-18-19-21-24-27-31-35-39-43-47-51-57(62)59-55(54-60)56(61)50-46-42-38-34-30-26-16-14-12-10-8-6-4-2/h11,13,17-19,23,46,50,55-56,60-61H,3-10,12,14-16,20-22,24-45,47-49,51-54H2,1-2H3,(H,59,62)/b13-11-,19-18-,23-17-,50-46+. The third kappa shape index (κ3) is 49.3. The summed E-state index contributed by atoms with van der Waals surface area (Å²) in [7, 11) is 0. The second kappa shape index (κ2) is 53.4. The number of aliphatic hydroxyl groups excluding tert-OH is 2. The zero-order valence-electron chi connectivity index (χ0n) is 42.5. The fourth-order valence-electron chi connectivity index (χ4n) is 8.25. The molecule has 0 aliphatic carbocycles. The molecule has 0 aromatic rings. The first kappa shape index (κ1) is 61.8. The number of carbonyl (C=O) groups excluding carboxylic acids is 2. The fraction of sp³-hybridized carbons (Fsp3) is 0.828. The Kier molecular flexibility index (Phi) is 51.6. The summed E-state index contributed by atoms with van der Waals surface area (Å²) < 4.78 is 5.46. The van der Waals surface area contributed by atoms with Crippen LogP contribution in [0.25, 0.3) is 0 Å². The summed E-state index contributed by atoms with van der Waals surface area (Å²) >= 11 is 0. The molecule has 64 heavy (non-hydrogen) atoms. The Bertz CT molecular complexity index is 1080. The summed E-state index contributed by atoms with van der Waals surface area (Å²) in [5.74, 6) is -0.0906. The highest BCUT2D eigenvalue weighted by Gasteiger charge is 2.18. The lowest BCUT2D eigenvalue weighted by molar-refractivity contribution is -0.143. The predicted molar refractivity (Wildman–Crippen MR) is 278 cm³/mol. The van der Waals surface area contributed by atoms with E-state index in [-0.39, 0.29) is 18.5 Å². The molecule has 0 saturated carbocycles. The van der Waals surface area contributed by atoms with Crippen molar-refractivity contribution < 1.29 is 24.5 Å². The van der Waals surface area contributed by atoms with Gasteiger partial charge in [0.2, 0.25) is 5.91 Å². The lowest BCUT2D eigenvalue weighted by atomic mass is 10.0. The molecule has 0 rings (SSSR count). The minimum Gasteiger partial charge on any atom is -0.466 e. The lowest BCUT2D eigenvalue weighted by Gasteiger charge is -2.20. The van der Waals surface area contributed by atoms with Gasteiger partial charge in [0.15, 0.2) is 0 Å². The molecule has 0 radical (unpaired) electrons. The van der Waals surface area contributed by atoms with Crippen LogP contribution in [0.15, 0.2) is 48.6 Å². The molecule has 0 spiro atoms. The summed E-state index contributed by atoms with van der Waals surface area (Å²) in [4.78, 5) is 24.5. The maximum absolute atomic E-state index is 12.4. The van der Waals surface area contributed by atoms with E-state index in [1.807, 2.05) is 6.08 Å². The Balaban J connectivity index is 3.47. The van der Waals surface area contributed by atoms with Crippen LogP contribution in [-0.2, 0) is 14.3 Å². The fourth-order valence-corrected chi connectivity index (χ4v) is 8.25. The number of unbranched alkanes of at least 4 members (excludes halogenated alkanes) is 34. The molecule has 2 atom stereocenters. The molecular formula is C58H107NO5. The van der Waals surface area contributed by atoms with Gasteiger partial charge in [-0.2, -0.15) is 0 Å². The summed E-state index contributed by atoms with van der Waals surface area (Å²) in [6.45, 7) is 4.85. The number of esters is 1. The van der Waals surface area contributed by atoms with Gasteiger partial charge in [-0.15, -0.1) is 0 Å². The van der Waals surface area contributed by atoms with Crippen molar-refractivity contribution >= 4 is 11.9 Å². The zero-order chi connectivity index (χ0) is 46.5. The number of allylic oxidation sites excluding steroid dienone is 7. The first-order valence-electron chi connectivity index (χ1n) is 27.9. The van der Waals surface area contributed by atoms with E-state index in [1.54, 1.807) is 6.08 Å². The summed E-state index contributed by atoms with van der Waals surface area (Å²) in [6, 6.07) is -0.635. The lowest BCUT2D eigenvalue weighted by Crippen LogP contribution is -2.45. The van der Waals surface area contributed by atoms with Gasteiger partial charge in [0.05, 0.1) is 25.4 Å². The monoisotopic (exact) mass is 898 g/mol. The van der Waals surface area contributed by atoms with Crippen molar-refractivity contribution in [3.05, 3.63) is 48.6 Å². The van der Waals surface area contributed by atoms with Crippen LogP contribution in [0, 0.1) is 0 Å². The van der Waals surface area contributed by atoms with Crippen molar-refractivity contribution in [1.82, 2.24) is 5.32 Å². The summed E-state index contributed by atoms with van der Waals surface area (Å²) in [5.41, 5.74) is 0. The van der Waals surface area contributed by atoms with Crippen LogP contribution >= 0.6 is 0 Å². The van der Waals surface area contributed by atoms with Crippen molar-refractivity contribution in [2.45, 2.75) is 296 Å². The highest BCUT2D eigenvalue weighted by Crippen LogP contribution is 2.15. The number of rotatable bonds is 51. The van der Waals surface area contributed by atoms with E-state index < -0.39 is 12.1 Å². The highest BCUT2D eigenvalue weighted by molar-refractivity contribution is 5.76. The summed E-state index contributed by atoms with van der Waals surface area (Å²) in [6.07, 6.45) is 66.9. The zero-order valence-corrected chi connectivity index (χ0v) is 42.5. The third-order valence-corrected chi connectivity index (χ3v) is 12.6. The topological polar surface area (TPSA) is 95.9 Å². The van der Waals surface area contributed by atoms with Crippen LogP contribution in [-0.4, -0.2) is 47.4 Å². The van der Waals surface area contributed by atoms with Crippen molar-refractivity contribution in [2.75, 3.05) is 13.2 Å². The van der Waals surface area contributed by atoms with Gasteiger partial charge >= 0.3 is 5.97 Å². The van der Waals surface area contributed by atoms with E-state index in [1.165, 1.54) is 193 Å². The Morgan fingerprint density at radius 2 is 0.781 bits per heavy atom. The molecule has 6 nitrogen and oxygen atoms in total. The minimum absolute atomic E-state index is 0.0116. The molecule has 3 N–H and O–H groups in total.